The molecule has 7 nitrogen and oxygen atoms in total. The number of anilines is 1. The first-order valence-electron chi connectivity index (χ1n) is 12.7. The van der Waals surface area contributed by atoms with Gasteiger partial charge in [0.15, 0.2) is 0 Å². The molecule has 9 heteroatoms. The summed E-state index contributed by atoms with van der Waals surface area (Å²) in [6, 6.07) is 10.1. The number of likely N-dealkylation sites (tertiary alicyclic amines) is 1. The molecule has 1 atom stereocenters. The number of phenols is 1. The SMILES string of the molecule is CC1(C)CCc2c(nc(N3CC4(C[C@H]3C(F)F)CN(C(=O)O)C4)nc2-c2cc(O)cc3ccccc23)C1. The Morgan fingerprint density at radius 1 is 1.14 bits per heavy atom. The number of nitrogens with zero attached hydrogens (tertiary/aromatic N) is 4. The van der Waals surface area contributed by atoms with Gasteiger partial charge in [0.2, 0.25) is 5.95 Å². The van der Waals surface area contributed by atoms with Gasteiger partial charge in [0.05, 0.1) is 17.4 Å². The highest BCUT2D eigenvalue weighted by molar-refractivity contribution is 5.98. The molecule has 0 radical (unpaired) electrons. The van der Waals surface area contributed by atoms with Crippen molar-refractivity contribution in [2.45, 2.75) is 52.0 Å². The standard InChI is InChI=1S/C28H30F2N4O3/c1-27(2)8-7-19-21(11-27)31-25(32-23(19)20-10-17(35)9-16-5-3-4-6-18(16)20)34-15-28(12-22(34)24(29)30)13-33(14-28)26(36)37/h3-6,9-10,22,24,35H,7-8,11-15H2,1-2H3,(H,36,37)/t22-/m0/s1. The smallest absolute Gasteiger partial charge is 0.407 e. The maximum atomic E-state index is 14.3. The molecule has 2 N–H and O–H groups in total. The predicted octanol–water partition coefficient (Wildman–Crippen LogP) is 5.34. The van der Waals surface area contributed by atoms with Gasteiger partial charge >= 0.3 is 6.09 Å². The molecule has 194 valence electrons. The molecule has 1 spiro atoms. The number of halogens is 2. The predicted molar refractivity (Wildman–Crippen MR) is 136 cm³/mol. The first-order chi connectivity index (χ1) is 17.5. The maximum Gasteiger partial charge on any atom is 0.407 e. The van der Waals surface area contributed by atoms with Crippen molar-refractivity contribution in [3.05, 3.63) is 47.7 Å². The van der Waals surface area contributed by atoms with E-state index in [-0.39, 0.29) is 43.2 Å². The molecule has 6 rings (SSSR count). The van der Waals surface area contributed by atoms with Crippen LogP contribution in [-0.2, 0) is 12.8 Å². The number of carbonyl (C=O) groups is 1. The van der Waals surface area contributed by atoms with Crippen LogP contribution in [0.3, 0.4) is 0 Å². The van der Waals surface area contributed by atoms with Crippen LogP contribution in [0.15, 0.2) is 36.4 Å². The fraction of sp³-hybridized carbons (Fsp3) is 0.464. The van der Waals surface area contributed by atoms with Crippen LogP contribution >= 0.6 is 0 Å². The molecular weight excluding hydrogens is 478 g/mol. The van der Waals surface area contributed by atoms with Crippen molar-refractivity contribution >= 4 is 22.8 Å². The lowest BCUT2D eigenvalue weighted by Crippen LogP contribution is -2.59. The molecule has 1 aliphatic carbocycles. The Morgan fingerprint density at radius 2 is 1.89 bits per heavy atom. The lowest BCUT2D eigenvalue weighted by molar-refractivity contribution is 0.0162. The molecule has 0 saturated carbocycles. The zero-order chi connectivity index (χ0) is 26.1. The van der Waals surface area contributed by atoms with E-state index < -0.39 is 24.0 Å². The average molecular weight is 509 g/mol. The second kappa shape index (κ2) is 8.26. The summed E-state index contributed by atoms with van der Waals surface area (Å²) < 4.78 is 28.6. The maximum absolute atomic E-state index is 14.3. The average Bonchev–Trinajstić information content (AvgIpc) is 3.23. The third kappa shape index (κ3) is 4.04. The molecule has 3 heterocycles. The number of hydrogen-bond donors (Lipinski definition) is 2. The minimum absolute atomic E-state index is 0.0150. The van der Waals surface area contributed by atoms with E-state index in [1.165, 1.54) is 4.90 Å². The lowest BCUT2D eigenvalue weighted by Gasteiger charge is -2.46. The van der Waals surface area contributed by atoms with Crippen molar-refractivity contribution in [1.82, 2.24) is 14.9 Å². The Labute approximate surface area is 213 Å². The van der Waals surface area contributed by atoms with Crippen molar-refractivity contribution in [3.8, 4) is 17.0 Å². The molecule has 1 aromatic heterocycles. The van der Waals surface area contributed by atoms with E-state index in [1.54, 1.807) is 17.0 Å². The number of aromatic hydroxyl groups is 1. The van der Waals surface area contributed by atoms with E-state index in [4.69, 9.17) is 9.97 Å². The van der Waals surface area contributed by atoms with Gasteiger partial charge in [-0.2, -0.15) is 0 Å². The highest BCUT2D eigenvalue weighted by Crippen LogP contribution is 2.47. The molecule has 2 fully saturated rings. The molecule has 2 aromatic carbocycles. The molecule has 2 aliphatic heterocycles. The Morgan fingerprint density at radius 3 is 2.62 bits per heavy atom. The summed E-state index contributed by atoms with van der Waals surface area (Å²) in [7, 11) is 0. The molecule has 2 saturated heterocycles. The van der Waals surface area contributed by atoms with Crippen molar-refractivity contribution < 1.29 is 23.8 Å². The molecule has 37 heavy (non-hydrogen) atoms. The number of phenolic OH excluding ortho intramolecular Hbond substituents is 1. The highest BCUT2D eigenvalue weighted by Gasteiger charge is 2.55. The first kappa shape index (κ1) is 23.9. The van der Waals surface area contributed by atoms with Gasteiger partial charge in [0, 0.05) is 36.2 Å². The topological polar surface area (TPSA) is 89.8 Å². The summed E-state index contributed by atoms with van der Waals surface area (Å²) in [5, 5.41) is 21.6. The quantitative estimate of drug-likeness (QED) is 0.496. The lowest BCUT2D eigenvalue weighted by atomic mass is 9.75. The van der Waals surface area contributed by atoms with Crippen molar-refractivity contribution in [2.75, 3.05) is 24.5 Å². The molecule has 3 aliphatic rings. The van der Waals surface area contributed by atoms with Crippen LogP contribution < -0.4 is 4.90 Å². The normalized spacial score (nSPS) is 21.9. The van der Waals surface area contributed by atoms with Gasteiger partial charge in [-0.15, -0.1) is 0 Å². The number of benzene rings is 2. The van der Waals surface area contributed by atoms with E-state index in [9.17, 15) is 23.8 Å². The van der Waals surface area contributed by atoms with Crippen molar-refractivity contribution in [2.24, 2.45) is 10.8 Å². The summed E-state index contributed by atoms with van der Waals surface area (Å²) in [5.41, 5.74) is 2.80. The monoisotopic (exact) mass is 508 g/mol. The number of fused-ring (bicyclic) bond motifs is 2. The van der Waals surface area contributed by atoms with E-state index in [0.717, 1.165) is 40.4 Å². The summed E-state index contributed by atoms with van der Waals surface area (Å²) in [6.45, 7) is 5.13. The number of aromatic nitrogens is 2. The van der Waals surface area contributed by atoms with Gasteiger partial charge in [-0.3, -0.25) is 0 Å². The van der Waals surface area contributed by atoms with Crippen LogP contribution in [0.2, 0.25) is 0 Å². The van der Waals surface area contributed by atoms with Crippen molar-refractivity contribution in [3.63, 3.8) is 0 Å². The van der Waals surface area contributed by atoms with Crippen LogP contribution in [0.25, 0.3) is 22.0 Å². The van der Waals surface area contributed by atoms with Crippen LogP contribution in [0, 0.1) is 10.8 Å². The second-order valence-electron chi connectivity index (χ2n) is 11.7. The summed E-state index contributed by atoms with van der Waals surface area (Å²) in [6.07, 6.45) is -1.03. The van der Waals surface area contributed by atoms with Crippen LogP contribution in [-0.4, -0.2) is 63.3 Å². The molecule has 1 amide bonds. The van der Waals surface area contributed by atoms with E-state index in [2.05, 4.69) is 13.8 Å². The minimum Gasteiger partial charge on any atom is -0.508 e. The Bertz CT molecular complexity index is 1400. The fourth-order valence-corrected chi connectivity index (χ4v) is 6.44. The number of rotatable bonds is 3. The fourth-order valence-electron chi connectivity index (χ4n) is 6.44. The van der Waals surface area contributed by atoms with Gasteiger partial charge in [0.1, 0.15) is 5.75 Å². The summed E-state index contributed by atoms with van der Waals surface area (Å²) in [5.74, 6) is 0.377. The zero-order valence-corrected chi connectivity index (χ0v) is 20.9. The number of hydrogen-bond acceptors (Lipinski definition) is 5. The summed E-state index contributed by atoms with van der Waals surface area (Å²) >= 11 is 0. The Hall–Kier alpha value is -3.49. The number of carboxylic acid groups (broad SMARTS) is 1. The molecule has 0 bridgehead atoms. The summed E-state index contributed by atoms with van der Waals surface area (Å²) in [4.78, 5) is 24.0. The Kier molecular flexibility index (Phi) is 5.33. The molecular formula is C28H30F2N4O3. The molecule has 3 aromatic rings. The van der Waals surface area contributed by atoms with Gasteiger partial charge in [-0.05, 0) is 54.0 Å². The number of amides is 1. The van der Waals surface area contributed by atoms with Gasteiger partial charge < -0.3 is 20.0 Å². The van der Waals surface area contributed by atoms with E-state index in [1.807, 2.05) is 24.3 Å². The van der Waals surface area contributed by atoms with Crippen LogP contribution in [0.4, 0.5) is 19.5 Å². The Balaban J connectivity index is 1.50. The van der Waals surface area contributed by atoms with Gasteiger partial charge in [-0.1, -0.05) is 38.1 Å². The number of alkyl halides is 2. The van der Waals surface area contributed by atoms with Crippen molar-refractivity contribution in [1.29, 1.82) is 0 Å². The second-order valence-corrected chi connectivity index (χ2v) is 11.7. The molecule has 0 unspecified atom stereocenters. The minimum atomic E-state index is -2.61. The van der Waals surface area contributed by atoms with Gasteiger partial charge in [0.25, 0.3) is 6.43 Å². The van der Waals surface area contributed by atoms with E-state index >= 15 is 0 Å². The highest BCUT2D eigenvalue weighted by atomic mass is 19.3. The van der Waals surface area contributed by atoms with Crippen LogP contribution in [0.1, 0.15) is 37.9 Å². The van der Waals surface area contributed by atoms with Gasteiger partial charge in [-0.25, -0.2) is 23.5 Å². The van der Waals surface area contributed by atoms with E-state index in [0.29, 0.717) is 12.1 Å². The third-order valence-electron chi connectivity index (χ3n) is 8.30. The largest absolute Gasteiger partial charge is 0.508 e. The van der Waals surface area contributed by atoms with Crippen LogP contribution in [0.5, 0.6) is 5.75 Å². The zero-order valence-electron chi connectivity index (χ0n) is 20.9. The first-order valence-corrected chi connectivity index (χ1v) is 12.7. The third-order valence-corrected chi connectivity index (χ3v) is 8.30.